The van der Waals surface area contributed by atoms with E-state index in [1.54, 1.807) is 4.03 Å². The van der Waals surface area contributed by atoms with Gasteiger partial charge >= 0.3 is 0 Å². The van der Waals surface area contributed by atoms with E-state index in [9.17, 15) is 0 Å². The van der Waals surface area contributed by atoms with Gasteiger partial charge in [0, 0.05) is 34.8 Å². The number of hydrogen-bond acceptors (Lipinski definition) is 4. The van der Waals surface area contributed by atoms with Crippen molar-refractivity contribution in [3.8, 4) is 12.1 Å². The van der Waals surface area contributed by atoms with Crippen LogP contribution in [-0.2, 0) is 0 Å². The van der Waals surface area contributed by atoms with E-state index in [0.717, 1.165) is 18.7 Å². The van der Waals surface area contributed by atoms with E-state index in [2.05, 4.69) is 35.2 Å². The van der Waals surface area contributed by atoms with Gasteiger partial charge in [-0.2, -0.15) is 10.5 Å². The summed E-state index contributed by atoms with van der Waals surface area (Å²) in [5.41, 5.74) is 0.637. The third-order valence-corrected chi connectivity index (χ3v) is 3.46. The van der Waals surface area contributed by atoms with Gasteiger partial charge in [0.2, 0.25) is 0 Å². The van der Waals surface area contributed by atoms with Crippen molar-refractivity contribution in [1.29, 1.82) is 10.5 Å². The molecule has 92 valence electrons. The third kappa shape index (κ3) is 3.21. The first-order chi connectivity index (χ1) is 7.95. The second-order valence-electron chi connectivity index (χ2n) is 4.82. The maximum Gasteiger partial charge on any atom is 0.148 e. The zero-order valence-electron chi connectivity index (χ0n) is 10.4. The summed E-state index contributed by atoms with van der Waals surface area (Å²) in [6.07, 6.45) is 3.57. The van der Waals surface area contributed by atoms with E-state index in [-0.39, 0.29) is 6.04 Å². The summed E-state index contributed by atoms with van der Waals surface area (Å²) in [7, 11) is 0. The lowest BCUT2D eigenvalue weighted by Gasteiger charge is -2.30. The summed E-state index contributed by atoms with van der Waals surface area (Å²) >= 11 is 3.40. The van der Waals surface area contributed by atoms with Gasteiger partial charge in [-0.15, -0.1) is 4.03 Å². The van der Waals surface area contributed by atoms with Crippen LogP contribution in [0.3, 0.4) is 0 Å². The van der Waals surface area contributed by atoms with Crippen LogP contribution in [0.4, 0.5) is 0 Å². The van der Waals surface area contributed by atoms with Crippen LogP contribution in [0.1, 0.15) is 33.6 Å². The van der Waals surface area contributed by atoms with Crippen molar-refractivity contribution >= 4 is 16.1 Å². The average Bonchev–Trinajstić information content (AvgIpc) is 2.57. The molecule has 0 spiro atoms. The van der Waals surface area contributed by atoms with Crippen LogP contribution in [0.2, 0.25) is 0 Å². The Morgan fingerprint density at radius 2 is 2.12 bits per heavy atom. The highest BCUT2D eigenvalue weighted by atomic mass is 79.9. The van der Waals surface area contributed by atoms with Crippen LogP contribution >= 0.6 is 16.1 Å². The number of allylic oxidation sites excluding steroid dienone is 1. The number of rotatable bonds is 4. The lowest BCUT2D eigenvalue weighted by atomic mass is 9.89. The fraction of sp³-hybridized carbons (Fsp3) is 0.667. The lowest BCUT2D eigenvalue weighted by Crippen LogP contribution is -2.35. The van der Waals surface area contributed by atoms with Crippen LogP contribution in [-0.4, -0.2) is 21.6 Å². The van der Waals surface area contributed by atoms with Gasteiger partial charge < -0.3 is 0 Å². The summed E-state index contributed by atoms with van der Waals surface area (Å²) in [5, 5.41) is 20.1. The first-order valence-electron chi connectivity index (χ1n) is 5.69. The Morgan fingerprint density at radius 1 is 1.47 bits per heavy atom. The summed E-state index contributed by atoms with van der Waals surface area (Å²) in [6, 6.07) is 4.22. The second kappa shape index (κ2) is 5.53. The van der Waals surface area contributed by atoms with E-state index in [4.69, 9.17) is 10.5 Å². The Hall–Kier alpha value is -1.04. The molecule has 0 aliphatic carbocycles. The molecule has 0 N–H and O–H groups in total. The van der Waals surface area contributed by atoms with Crippen molar-refractivity contribution < 1.29 is 0 Å². The molecule has 17 heavy (non-hydrogen) atoms. The van der Waals surface area contributed by atoms with E-state index >= 15 is 0 Å². The third-order valence-electron chi connectivity index (χ3n) is 2.64. The zero-order valence-corrected chi connectivity index (χ0v) is 12.0. The van der Waals surface area contributed by atoms with Crippen molar-refractivity contribution in [2.45, 2.75) is 39.7 Å². The van der Waals surface area contributed by atoms with Gasteiger partial charge in [0.1, 0.15) is 6.04 Å². The van der Waals surface area contributed by atoms with E-state index < -0.39 is 5.41 Å². The highest BCUT2D eigenvalue weighted by molar-refractivity contribution is 9.07. The molecule has 1 aliphatic heterocycles. The van der Waals surface area contributed by atoms with Gasteiger partial charge in [0.15, 0.2) is 0 Å². The fourth-order valence-electron chi connectivity index (χ4n) is 1.78. The summed E-state index contributed by atoms with van der Waals surface area (Å²) in [5.74, 6) is 0. The van der Waals surface area contributed by atoms with Crippen molar-refractivity contribution in [2.75, 3.05) is 6.54 Å². The van der Waals surface area contributed by atoms with Crippen molar-refractivity contribution in [3.05, 3.63) is 11.8 Å². The van der Waals surface area contributed by atoms with Gasteiger partial charge in [-0.3, -0.25) is 5.01 Å². The van der Waals surface area contributed by atoms with E-state index in [1.165, 1.54) is 0 Å². The number of hydrogen-bond donors (Lipinski definition) is 0. The largest absolute Gasteiger partial charge is 0.299 e. The first-order valence-corrected chi connectivity index (χ1v) is 6.40. The number of halogens is 1. The number of hydrazine groups is 1. The van der Waals surface area contributed by atoms with E-state index in [1.807, 2.05) is 24.9 Å². The fourth-order valence-corrected chi connectivity index (χ4v) is 2.35. The minimum atomic E-state index is -0.407. The molecule has 1 atom stereocenters. The SMILES string of the molecule is CCCN1C(CC(C)(C)C#N)=CC(C#N)N1Br. The maximum atomic E-state index is 9.07. The molecule has 0 bridgehead atoms. The van der Waals surface area contributed by atoms with Gasteiger partial charge in [-0.25, -0.2) is 0 Å². The molecule has 0 radical (unpaired) electrons. The molecule has 0 amide bonds. The summed E-state index contributed by atoms with van der Waals surface area (Å²) in [6.45, 7) is 6.76. The molecule has 1 aliphatic rings. The molecular weight excluding hydrogens is 280 g/mol. The average molecular weight is 297 g/mol. The minimum Gasteiger partial charge on any atom is -0.299 e. The van der Waals surface area contributed by atoms with Crippen molar-refractivity contribution in [3.63, 3.8) is 0 Å². The van der Waals surface area contributed by atoms with Gasteiger partial charge in [-0.05, 0) is 26.3 Å². The maximum absolute atomic E-state index is 9.07. The molecule has 1 heterocycles. The Labute approximate surface area is 111 Å². The molecule has 0 fully saturated rings. The summed E-state index contributed by atoms with van der Waals surface area (Å²) in [4.78, 5) is 0. The second-order valence-corrected chi connectivity index (χ2v) is 5.54. The molecule has 1 unspecified atom stereocenters. The molecule has 0 aromatic heterocycles. The predicted molar refractivity (Wildman–Crippen MR) is 69.3 cm³/mol. The smallest absolute Gasteiger partial charge is 0.148 e. The lowest BCUT2D eigenvalue weighted by molar-refractivity contribution is 0.133. The molecular formula is C12H17BrN4. The van der Waals surface area contributed by atoms with Gasteiger partial charge in [-0.1, -0.05) is 6.92 Å². The number of nitriles is 2. The topological polar surface area (TPSA) is 54.1 Å². The van der Waals surface area contributed by atoms with Crippen LogP contribution in [0.5, 0.6) is 0 Å². The monoisotopic (exact) mass is 296 g/mol. The quantitative estimate of drug-likeness (QED) is 0.749. The normalized spacial score (nSPS) is 20.9. The highest BCUT2D eigenvalue weighted by Crippen LogP contribution is 2.33. The van der Waals surface area contributed by atoms with Gasteiger partial charge in [0.25, 0.3) is 0 Å². The van der Waals surface area contributed by atoms with E-state index in [0.29, 0.717) is 6.42 Å². The van der Waals surface area contributed by atoms with Crippen LogP contribution < -0.4 is 0 Å². The van der Waals surface area contributed by atoms with Gasteiger partial charge in [0.05, 0.1) is 17.6 Å². The Balaban J connectivity index is 2.88. The van der Waals surface area contributed by atoms with Crippen molar-refractivity contribution in [1.82, 2.24) is 9.04 Å². The molecule has 0 aromatic carbocycles. The molecule has 0 saturated carbocycles. The zero-order chi connectivity index (χ0) is 13.1. The number of nitrogens with zero attached hydrogens (tertiary/aromatic N) is 4. The van der Waals surface area contributed by atoms with Crippen LogP contribution in [0.25, 0.3) is 0 Å². The minimum absolute atomic E-state index is 0.286. The highest BCUT2D eigenvalue weighted by Gasteiger charge is 2.33. The van der Waals surface area contributed by atoms with Crippen molar-refractivity contribution in [2.24, 2.45) is 5.41 Å². The Morgan fingerprint density at radius 3 is 2.59 bits per heavy atom. The molecule has 0 saturated heterocycles. The molecule has 4 nitrogen and oxygen atoms in total. The standard InChI is InChI=1S/C12H17BrN4/c1-4-5-16-10(7-12(2,3)9-15)6-11(8-14)17(16)13/h6,11H,4-5,7H2,1-3H3. The molecule has 1 rings (SSSR count). The van der Waals surface area contributed by atoms with Crippen LogP contribution in [0, 0.1) is 28.1 Å². The Bertz CT molecular complexity index is 388. The molecule has 5 heteroatoms. The molecule has 0 aromatic rings. The Kier molecular flexibility index (Phi) is 4.56. The van der Waals surface area contributed by atoms with Crippen LogP contribution in [0.15, 0.2) is 11.8 Å². The predicted octanol–water partition coefficient (Wildman–Crippen LogP) is 2.95. The summed E-state index contributed by atoms with van der Waals surface area (Å²) < 4.78 is 1.76. The first kappa shape index (κ1) is 14.0.